The van der Waals surface area contributed by atoms with E-state index in [1.54, 1.807) is 4.90 Å². The molecule has 0 radical (unpaired) electrons. The van der Waals surface area contributed by atoms with E-state index in [0.717, 1.165) is 29.3 Å². The van der Waals surface area contributed by atoms with Crippen molar-refractivity contribution in [3.63, 3.8) is 0 Å². The molecule has 3 heterocycles. The molecule has 28 heavy (non-hydrogen) atoms. The molecule has 0 spiro atoms. The number of fused-ring (bicyclic) bond motifs is 1. The third-order valence-corrected chi connectivity index (χ3v) is 5.85. The molecule has 1 saturated carbocycles. The largest absolute Gasteiger partial charge is 0.361 e. The van der Waals surface area contributed by atoms with Gasteiger partial charge in [0.15, 0.2) is 5.82 Å². The van der Waals surface area contributed by atoms with Crippen molar-refractivity contribution in [3.8, 4) is 0 Å². The van der Waals surface area contributed by atoms with E-state index in [-0.39, 0.29) is 18.3 Å². The van der Waals surface area contributed by atoms with Crippen LogP contribution in [-0.4, -0.2) is 39.0 Å². The van der Waals surface area contributed by atoms with Gasteiger partial charge in [-0.1, -0.05) is 23.4 Å². The number of nitrogens with one attached hydrogen (secondary N) is 1. The first-order chi connectivity index (χ1) is 13.6. The molecule has 0 bridgehead atoms. The molecule has 146 valence electrons. The van der Waals surface area contributed by atoms with Crippen LogP contribution in [0.1, 0.15) is 55.3 Å². The standard InChI is InChI=1S/C21H23FN4O2/c22-21(20-24-19(25-28-20)14-6-7-14)10-3-11-26(13-21)18(27)9-8-15-12-23-17-5-2-1-4-16(15)17/h1-2,4-5,12,14,23H,3,6-11,13H2. The van der Waals surface area contributed by atoms with E-state index in [1.807, 2.05) is 30.5 Å². The van der Waals surface area contributed by atoms with E-state index in [2.05, 4.69) is 15.1 Å². The number of nitrogens with zero attached hydrogens (tertiary/aromatic N) is 3. The first kappa shape index (κ1) is 17.4. The number of hydrogen-bond acceptors (Lipinski definition) is 4. The number of carbonyl (C=O) groups excluding carboxylic acids is 1. The number of aromatic amines is 1. The minimum absolute atomic E-state index is 0.00792. The number of rotatable bonds is 5. The van der Waals surface area contributed by atoms with E-state index < -0.39 is 5.67 Å². The van der Waals surface area contributed by atoms with Crippen LogP contribution in [0.4, 0.5) is 4.39 Å². The molecule has 1 aromatic carbocycles. The lowest BCUT2D eigenvalue weighted by molar-refractivity contribution is -0.136. The fourth-order valence-corrected chi connectivity index (χ4v) is 4.06. The topological polar surface area (TPSA) is 75.0 Å². The van der Waals surface area contributed by atoms with Gasteiger partial charge in [0.1, 0.15) is 0 Å². The Kier molecular flexibility index (Phi) is 4.18. The van der Waals surface area contributed by atoms with Gasteiger partial charge in [-0.05, 0) is 43.7 Å². The fourth-order valence-electron chi connectivity index (χ4n) is 4.06. The molecule has 2 fully saturated rings. The number of aromatic nitrogens is 3. The molecule has 5 rings (SSSR count). The van der Waals surface area contributed by atoms with Crippen molar-refractivity contribution in [2.24, 2.45) is 0 Å². The Morgan fingerprint density at radius 3 is 3.07 bits per heavy atom. The summed E-state index contributed by atoms with van der Waals surface area (Å²) >= 11 is 0. The first-order valence-corrected chi connectivity index (χ1v) is 9.98. The lowest BCUT2D eigenvalue weighted by Gasteiger charge is -2.35. The van der Waals surface area contributed by atoms with Crippen LogP contribution in [0, 0.1) is 0 Å². The molecule has 1 aliphatic carbocycles. The molecule has 2 aromatic heterocycles. The minimum atomic E-state index is -1.74. The monoisotopic (exact) mass is 382 g/mol. The highest BCUT2D eigenvalue weighted by molar-refractivity contribution is 5.84. The Morgan fingerprint density at radius 1 is 1.36 bits per heavy atom. The smallest absolute Gasteiger partial charge is 0.266 e. The number of para-hydroxylation sites is 1. The van der Waals surface area contributed by atoms with Gasteiger partial charge in [0.05, 0.1) is 6.54 Å². The Balaban J connectivity index is 1.25. The Hall–Kier alpha value is -2.70. The Morgan fingerprint density at radius 2 is 2.21 bits per heavy atom. The van der Waals surface area contributed by atoms with Crippen molar-refractivity contribution in [2.75, 3.05) is 13.1 Å². The van der Waals surface area contributed by atoms with Crippen LogP contribution in [0.15, 0.2) is 35.0 Å². The molecule has 1 atom stereocenters. The lowest BCUT2D eigenvalue weighted by Crippen LogP contribution is -2.46. The molecular formula is C21H23FN4O2. The van der Waals surface area contributed by atoms with Gasteiger partial charge in [0.2, 0.25) is 11.6 Å². The number of H-pyrrole nitrogens is 1. The predicted octanol–water partition coefficient (Wildman–Crippen LogP) is 3.85. The summed E-state index contributed by atoms with van der Waals surface area (Å²) in [5.74, 6) is 0.922. The lowest BCUT2D eigenvalue weighted by atomic mass is 9.94. The van der Waals surface area contributed by atoms with Crippen molar-refractivity contribution >= 4 is 16.8 Å². The van der Waals surface area contributed by atoms with Gasteiger partial charge in [0, 0.05) is 36.0 Å². The highest BCUT2D eigenvalue weighted by Gasteiger charge is 2.44. The number of carbonyl (C=O) groups is 1. The number of alkyl halides is 1. The van der Waals surface area contributed by atoms with E-state index in [4.69, 9.17) is 4.52 Å². The number of likely N-dealkylation sites (tertiary alicyclic amines) is 1. The number of piperidine rings is 1. The zero-order chi connectivity index (χ0) is 19.1. The molecule has 1 saturated heterocycles. The second-order valence-electron chi connectivity index (χ2n) is 7.98. The molecule has 3 aromatic rings. The van der Waals surface area contributed by atoms with Crippen LogP contribution in [0.2, 0.25) is 0 Å². The van der Waals surface area contributed by atoms with Gasteiger partial charge in [-0.25, -0.2) is 4.39 Å². The molecular weight excluding hydrogens is 359 g/mol. The second kappa shape index (κ2) is 6.72. The van der Waals surface area contributed by atoms with Crippen LogP contribution in [0.25, 0.3) is 10.9 Å². The molecule has 1 aliphatic heterocycles. The molecule has 2 aliphatic rings. The maximum atomic E-state index is 15.5. The van der Waals surface area contributed by atoms with Crippen molar-refractivity contribution in [1.29, 1.82) is 0 Å². The summed E-state index contributed by atoms with van der Waals surface area (Å²) < 4.78 is 20.8. The Bertz CT molecular complexity index is 1010. The van der Waals surface area contributed by atoms with Gasteiger partial charge in [-0.3, -0.25) is 4.79 Å². The van der Waals surface area contributed by atoms with Crippen molar-refractivity contribution in [2.45, 2.75) is 50.1 Å². The SMILES string of the molecule is O=C(CCc1c[nH]c2ccccc12)N1CCCC(F)(c2nc(C3CC3)no2)C1. The van der Waals surface area contributed by atoms with Crippen LogP contribution < -0.4 is 0 Å². The minimum Gasteiger partial charge on any atom is -0.361 e. The van der Waals surface area contributed by atoms with E-state index in [9.17, 15) is 4.79 Å². The second-order valence-corrected chi connectivity index (χ2v) is 7.98. The molecule has 1 N–H and O–H groups in total. The van der Waals surface area contributed by atoms with Crippen molar-refractivity contribution in [3.05, 3.63) is 47.7 Å². The van der Waals surface area contributed by atoms with Crippen molar-refractivity contribution in [1.82, 2.24) is 20.0 Å². The molecule has 7 heteroatoms. The number of aryl methyl sites for hydroxylation is 1. The van der Waals surface area contributed by atoms with Crippen LogP contribution in [0.3, 0.4) is 0 Å². The summed E-state index contributed by atoms with van der Waals surface area (Å²) in [6.07, 6.45) is 5.92. The highest BCUT2D eigenvalue weighted by atomic mass is 19.1. The van der Waals surface area contributed by atoms with Gasteiger partial charge < -0.3 is 14.4 Å². The van der Waals surface area contributed by atoms with E-state index in [0.29, 0.717) is 44.0 Å². The third kappa shape index (κ3) is 3.19. The Labute approximate surface area is 162 Å². The van der Waals surface area contributed by atoms with Crippen LogP contribution in [0.5, 0.6) is 0 Å². The fraction of sp³-hybridized carbons (Fsp3) is 0.476. The number of amides is 1. The van der Waals surface area contributed by atoms with Gasteiger partial charge >= 0.3 is 0 Å². The van der Waals surface area contributed by atoms with Crippen molar-refractivity contribution < 1.29 is 13.7 Å². The highest BCUT2D eigenvalue weighted by Crippen LogP contribution is 2.41. The summed E-state index contributed by atoms with van der Waals surface area (Å²) in [6, 6.07) is 8.04. The summed E-state index contributed by atoms with van der Waals surface area (Å²) in [6.45, 7) is 0.564. The predicted molar refractivity (Wildman–Crippen MR) is 101 cm³/mol. The normalized spacial score (nSPS) is 22.7. The third-order valence-electron chi connectivity index (χ3n) is 5.85. The maximum absolute atomic E-state index is 15.5. The zero-order valence-corrected chi connectivity index (χ0v) is 15.7. The number of hydrogen-bond donors (Lipinski definition) is 1. The van der Waals surface area contributed by atoms with Crippen LogP contribution >= 0.6 is 0 Å². The summed E-state index contributed by atoms with van der Waals surface area (Å²) in [5, 5.41) is 5.07. The average Bonchev–Trinajstić information content (AvgIpc) is 3.28. The van der Waals surface area contributed by atoms with E-state index >= 15 is 4.39 Å². The van der Waals surface area contributed by atoms with E-state index in [1.165, 1.54) is 0 Å². The molecule has 6 nitrogen and oxygen atoms in total. The molecule has 1 unspecified atom stereocenters. The number of benzene rings is 1. The van der Waals surface area contributed by atoms with Crippen LogP contribution in [-0.2, 0) is 16.9 Å². The summed E-state index contributed by atoms with van der Waals surface area (Å²) in [7, 11) is 0. The van der Waals surface area contributed by atoms with Gasteiger partial charge in [-0.15, -0.1) is 0 Å². The quantitative estimate of drug-likeness (QED) is 0.727. The maximum Gasteiger partial charge on any atom is 0.266 e. The summed E-state index contributed by atoms with van der Waals surface area (Å²) in [5.41, 5.74) is 0.432. The summed E-state index contributed by atoms with van der Waals surface area (Å²) in [4.78, 5) is 21.9. The number of halogens is 1. The molecule has 1 amide bonds. The van der Waals surface area contributed by atoms with Gasteiger partial charge in [-0.2, -0.15) is 4.98 Å². The zero-order valence-electron chi connectivity index (χ0n) is 15.7. The van der Waals surface area contributed by atoms with Gasteiger partial charge in [0.25, 0.3) is 5.89 Å². The first-order valence-electron chi connectivity index (χ1n) is 9.98. The average molecular weight is 382 g/mol.